The summed E-state index contributed by atoms with van der Waals surface area (Å²) in [6, 6.07) is 0. The second-order valence-electron chi connectivity index (χ2n) is 5.12. The van der Waals surface area contributed by atoms with Gasteiger partial charge < -0.3 is 9.80 Å². The van der Waals surface area contributed by atoms with E-state index in [0.29, 0.717) is 18.2 Å². The first-order chi connectivity index (χ1) is 7.63. The molecule has 0 aromatic heterocycles. The van der Waals surface area contributed by atoms with Crippen molar-refractivity contribution in [3.05, 3.63) is 0 Å². The summed E-state index contributed by atoms with van der Waals surface area (Å²) < 4.78 is 0. The minimum Gasteiger partial charge on any atom is -0.343 e. The molecule has 1 amide bonds. The zero-order valence-electron chi connectivity index (χ0n) is 11.0. The van der Waals surface area contributed by atoms with E-state index in [1.807, 2.05) is 4.90 Å². The Labute approximate surface area is 99.8 Å². The van der Waals surface area contributed by atoms with Crippen molar-refractivity contribution < 1.29 is 4.79 Å². The van der Waals surface area contributed by atoms with Crippen molar-refractivity contribution in [2.75, 3.05) is 32.7 Å². The highest BCUT2D eigenvalue weighted by Gasteiger charge is 2.18. The lowest BCUT2D eigenvalue weighted by Crippen LogP contribution is -2.34. The molecule has 0 saturated carbocycles. The zero-order chi connectivity index (χ0) is 12.0. The fourth-order valence-corrected chi connectivity index (χ4v) is 2.27. The first kappa shape index (κ1) is 13.5. The number of nitrogens with zero attached hydrogens (tertiary/aromatic N) is 2. The first-order valence-electron chi connectivity index (χ1n) is 6.63. The molecule has 0 radical (unpaired) electrons. The van der Waals surface area contributed by atoms with Gasteiger partial charge in [-0.15, -0.1) is 0 Å². The summed E-state index contributed by atoms with van der Waals surface area (Å²) in [5.74, 6) is 1.03. The molecule has 94 valence electrons. The molecule has 1 rings (SSSR count). The fourth-order valence-electron chi connectivity index (χ4n) is 2.27. The molecule has 1 heterocycles. The predicted octanol–water partition coefficient (Wildman–Crippen LogP) is 1.98. The molecular formula is C13H26N2O. The molecule has 0 unspecified atom stereocenters. The van der Waals surface area contributed by atoms with Gasteiger partial charge in [0.1, 0.15) is 0 Å². The van der Waals surface area contributed by atoms with Crippen LogP contribution < -0.4 is 0 Å². The van der Waals surface area contributed by atoms with Crippen LogP contribution in [0.4, 0.5) is 0 Å². The largest absolute Gasteiger partial charge is 0.343 e. The van der Waals surface area contributed by atoms with Crippen LogP contribution in [-0.2, 0) is 4.79 Å². The average Bonchev–Trinajstić information content (AvgIpc) is 2.76. The van der Waals surface area contributed by atoms with Gasteiger partial charge in [0.25, 0.3) is 0 Å². The maximum absolute atomic E-state index is 11.9. The van der Waals surface area contributed by atoms with Gasteiger partial charge in [-0.1, -0.05) is 20.8 Å². The number of hydrogen-bond donors (Lipinski definition) is 0. The molecule has 0 aromatic carbocycles. The van der Waals surface area contributed by atoms with Gasteiger partial charge in [0.05, 0.1) is 0 Å². The van der Waals surface area contributed by atoms with E-state index >= 15 is 0 Å². The lowest BCUT2D eigenvalue weighted by atomic mass is 10.2. The van der Waals surface area contributed by atoms with Crippen LogP contribution in [-0.4, -0.2) is 48.4 Å². The van der Waals surface area contributed by atoms with Crippen molar-refractivity contribution in [3.63, 3.8) is 0 Å². The second kappa shape index (κ2) is 6.89. The summed E-state index contributed by atoms with van der Waals surface area (Å²) in [4.78, 5) is 16.2. The summed E-state index contributed by atoms with van der Waals surface area (Å²) in [6.45, 7) is 11.7. The van der Waals surface area contributed by atoms with Gasteiger partial charge in [-0.3, -0.25) is 4.79 Å². The Morgan fingerprint density at radius 3 is 2.44 bits per heavy atom. The first-order valence-corrected chi connectivity index (χ1v) is 6.63. The van der Waals surface area contributed by atoms with E-state index in [1.54, 1.807) is 0 Å². The van der Waals surface area contributed by atoms with E-state index in [1.165, 1.54) is 12.8 Å². The molecule has 0 spiro atoms. The van der Waals surface area contributed by atoms with E-state index in [-0.39, 0.29) is 0 Å². The third kappa shape index (κ3) is 4.52. The Balaban J connectivity index is 2.23. The number of rotatable bonds is 6. The maximum Gasteiger partial charge on any atom is 0.223 e. The molecule has 1 aliphatic heterocycles. The van der Waals surface area contributed by atoms with Gasteiger partial charge in [-0.05, 0) is 25.3 Å². The topological polar surface area (TPSA) is 23.6 Å². The van der Waals surface area contributed by atoms with E-state index in [2.05, 4.69) is 25.7 Å². The zero-order valence-corrected chi connectivity index (χ0v) is 11.0. The van der Waals surface area contributed by atoms with E-state index in [0.717, 1.165) is 32.7 Å². The summed E-state index contributed by atoms with van der Waals surface area (Å²) in [5, 5.41) is 0. The van der Waals surface area contributed by atoms with Gasteiger partial charge in [0.15, 0.2) is 0 Å². The van der Waals surface area contributed by atoms with Crippen molar-refractivity contribution in [2.24, 2.45) is 5.92 Å². The predicted molar refractivity (Wildman–Crippen MR) is 67.4 cm³/mol. The maximum atomic E-state index is 11.9. The quantitative estimate of drug-likeness (QED) is 0.691. The second-order valence-corrected chi connectivity index (χ2v) is 5.12. The van der Waals surface area contributed by atoms with Crippen molar-refractivity contribution in [1.29, 1.82) is 0 Å². The van der Waals surface area contributed by atoms with Crippen LogP contribution >= 0.6 is 0 Å². The Bertz CT molecular complexity index is 210. The van der Waals surface area contributed by atoms with Gasteiger partial charge in [0.2, 0.25) is 5.91 Å². The monoisotopic (exact) mass is 226 g/mol. The summed E-state index contributed by atoms with van der Waals surface area (Å²) in [5.41, 5.74) is 0. The fraction of sp³-hybridized carbons (Fsp3) is 0.923. The van der Waals surface area contributed by atoms with Crippen molar-refractivity contribution in [3.8, 4) is 0 Å². The minimum absolute atomic E-state index is 0.347. The summed E-state index contributed by atoms with van der Waals surface area (Å²) in [6.07, 6.45) is 3.07. The smallest absolute Gasteiger partial charge is 0.223 e. The van der Waals surface area contributed by atoms with Crippen LogP contribution in [0, 0.1) is 5.92 Å². The number of carbonyl (C=O) groups is 1. The van der Waals surface area contributed by atoms with Gasteiger partial charge >= 0.3 is 0 Å². The molecule has 0 aliphatic carbocycles. The molecule has 1 fully saturated rings. The average molecular weight is 226 g/mol. The van der Waals surface area contributed by atoms with Crippen molar-refractivity contribution in [2.45, 2.75) is 40.0 Å². The molecule has 3 nitrogen and oxygen atoms in total. The van der Waals surface area contributed by atoms with E-state index in [9.17, 15) is 4.79 Å². The molecule has 0 atom stereocenters. The summed E-state index contributed by atoms with van der Waals surface area (Å²) in [7, 11) is 0. The SMILES string of the molecule is CCN(CCC(=O)N1CCCC1)CC(C)C. The number of likely N-dealkylation sites (tertiary alicyclic amines) is 1. The van der Waals surface area contributed by atoms with Gasteiger partial charge in [-0.25, -0.2) is 0 Å². The van der Waals surface area contributed by atoms with Crippen LogP contribution in [0.25, 0.3) is 0 Å². The molecule has 1 saturated heterocycles. The van der Waals surface area contributed by atoms with E-state index in [4.69, 9.17) is 0 Å². The number of carbonyl (C=O) groups excluding carboxylic acids is 1. The lowest BCUT2D eigenvalue weighted by molar-refractivity contribution is -0.130. The minimum atomic E-state index is 0.347. The van der Waals surface area contributed by atoms with Crippen molar-refractivity contribution in [1.82, 2.24) is 9.80 Å². The molecule has 0 N–H and O–H groups in total. The number of hydrogen-bond acceptors (Lipinski definition) is 2. The molecular weight excluding hydrogens is 200 g/mol. The highest BCUT2D eigenvalue weighted by atomic mass is 16.2. The normalized spacial score (nSPS) is 16.4. The molecule has 3 heteroatoms. The van der Waals surface area contributed by atoms with Crippen LogP contribution in [0.15, 0.2) is 0 Å². The van der Waals surface area contributed by atoms with E-state index < -0.39 is 0 Å². The van der Waals surface area contributed by atoms with Crippen LogP contribution in [0.2, 0.25) is 0 Å². The lowest BCUT2D eigenvalue weighted by Gasteiger charge is -2.23. The summed E-state index contributed by atoms with van der Waals surface area (Å²) >= 11 is 0. The highest BCUT2D eigenvalue weighted by Crippen LogP contribution is 2.09. The van der Waals surface area contributed by atoms with Gasteiger partial charge in [0, 0.05) is 32.6 Å². The van der Waals surface area contributed by atoms with Crippen molar-refractivity contribution >= 4 is 5.91 Å². The molecule has 16 heavy (non-hydrogen) atoms. The van der Waals surface area contributed by atoms with Crippen LogP contribution in [0.5, 0.6) is 0 Å². The number of amides is 1. The molecule has 1 aliphatic rings. The van der Waals surface area contributed by atoms with Crippen LogP contribution in [0.3, 0.4) is 0 Å². The third-order valence-electron chi connectivity index (χ3n) is 3.17. The Hall–Kier alpha value is -0.570. The van der Waals surface area contributed by atoms with Crippen LogP contribution in [0.1, 0.15) is 40.0 Å². The highest BCUT2D eigenvalue weighted by molar-refractivity contribution is 5.76. The Morgan fingerprint density at radius 1 is 1.31 bits per heavy atom. The standard InChI is InChI=1S/C13H26N2O/c1-4-14(11-12(2)3)10-7-13(16)15-8-5-6-9-15/h12H,4-11H2,1-3H3. The molecule has 0 bridgehead atoms. The van der Waals surface area contributed by atoms with Gasteiger partial charge in [-0.2, -0.15) is 0 Å². The molecule has 0 aromatic rings. The Morgan fingerprint density at radius 2 is 1.94 bits per heavy atom. The Kier molecular flexibility index (Phi) is 5.81. The third-order valence-corrected chi connectivity index (χ3v) is 3.17.